The number of ether oxygens (including phenoxy) is 1. The Morgan fingerprint density at radius 1 is 0.667 bits per heavy atom. The van der Waals surface area contributed by atoms with Gasteiger partial charge in [-0.05, 0) is 12.8 Å². The monoisotopic (exact) mass is 339 g/mol. The Morgan fingerprint density at radius 3 is 1.42 bits per heavy atom. The van der Waals surface area contributed by atoms with E-state index in [4.69, 9.17) is 4.74 Å². The third-order valence-electron chi connectivity index (χ3n) is 4.64. The van der Waals surface area contributed by atoms with Crippen LogP contribution < -0.4 is 0 Å². The molecule has 1 radical (unpaired) electrons. The largest absolute Gasteiger partial charge is 0.466 e. The molecule has 0 aliphatic heterocycles. The van der Waals surface area contributed by atoms with Gasteiger partial charge in [-0.3, -0.25) is 4.79 Å². The van der Waals surface area contributed by atoms with Gasteiger partial charge in [-0.15, -0.1) is 0 Å². The lowest BCUT2D eigenvalue weighted by Crippen LogP contribution is -2.04. The average molecular weight is 340 g/mol. The molecule has 2 nitrogen and oxygen atoms in total. The van der Waals surface area contributed by atoms with E-state index in [0.717, 1.165) is 6.42 Å². The van der Waals surface area contributed by atoms with Gasteiger partial charge in [0.15, 0.2) is 0 Å². The Labute approximate surface area is 152 Å². The minimum atomic E-state index is -0.0917. The van der Waals surface area contributed by atoms with Crippen LogP contribution in [0.4, 0.5) is 0 Å². The van der Waals surface area contributed by atoms with Crippen molar-refractivity contribution in [2.45, 2.75) is 122 Å². The molecule has 0 amide bonds. The van der Waals surface area contributed by atoms with E-state index in [1.807, 2.05) is 0 Å². The summed E-state index contributed by atoms with van der Waals surface area (Å²) in [5.74, 6) is -0.0917. The quantitative estimate of drug-likeness (QED) is 0.181. The number of rotatable bonds is 19. The lowest BCUT2D eigenvalue weighted by Gasteiger charge is -2.04. The molecular formula is C22H43O2. The zero-order valence-electron chi connectivity index (χ0n) is 16.5. The van der Waals surface area contributed by atoms with Crippen LogP contribution in [0.15, 0.2) is 0 Å². The number of hydrogen-bond acceptors (Lipinski definition) is 2. The Balaban J connectivity index is 3.01. The fourth-order valence-electron chi connectivity index (χ4n) is 3.05. The second-order valence-corrected chi connectivity index (χ2v) is 7.13. The Hall–Kier alpha value is -0.530. The average Bonchev–Trinajstić information content (AvgIpc) is 2.58. The number of carbonyl (C=O) groups is 1. The van der Waals surface area contributed by atoms with Crippen molar-refractivity contribution in [3.63, 3.8) is 0 Å². The van der Waals surface area contributed by atoms with E-state index in [0.29, 0.717) is 19.4 Å². The van der Waals surface area contributed by atoms with E-state index in [9.17, 15) is 4.79 Å². The molecule has 0 aromatic heterocycles. The first-order chi connectivity index (χ1) is 11.8. The Kier molecular flexibility index (Phi) is 20.1. The summed E-state index contributed by atoms with van der Waals surface area (Å²) in [6, 6.07) is 0. The number of carbonyl (C=O) groups excluding carboxylic acids is 1. The highest BCUT2D eigenvalue weighted by Gasteiger charge is 1.99. The van der Waals surface area contributed by atoms with Crippen LogP contribution in [0.5, 0.6) is 0 Å². The molecule has 0 aromatic rings. The van der Waals surface area contributed by atoms with Gasteiger partial charge in [-0.1, -0.05) is 110 Å². The van der Waals surface area contributed by atoms with Crippen molar-refractivity contribution in [1.29, 1.82) is 0 Å². The molecule has 0 bridgehead atoms. The van der Waals surface area contributed by atoms with Gasteiger partial charge in [0, 0.05) is 6.42 Å². The highest BCUT2D eigenvalue weighted by molar-refractivity contribution is 5.69. The van der Waals surface area contributed by atoms with E-state index in [2.05, 4.69) is 13.8 Å². The summed E-state index contributed by atoms with van der Waals surface area (Å²) in [6.45, 7) is 6.53. The summed E-state index contributed by atoms with van der Waals surface area (Å²) in [5, 5.41) is 0. The van der Waals surface area contributed by atoms with Crippen LogP contribution in [0.25, 0.3) is 0 Å². The van der Waals surface area contributed by atoms with Gasteiger partial charge in [0.2, 0.25) is 0 Å². The molecule has 0 saturated heterocycles. The van der Waals surface area contributed by atoms with Crippen LogP contribution in [0.1, 0.15) is 122 Å². The summed E-state index contributed by atoms with van der Waals surface area (Å²) < 4.78 is 5.12. The van der Waals surface area contributed by atoms with Gasteiger partial charge in [0.25, 0.3) is 0 Å². The smallest absolute Gasteiger partial charge is 0.305 e. The first-order valence-corrected chi connectivity index (χ1v) is 10.8. The molecule has 0 heterocycles. The molecule has 0 aromatic carbocycles. The lowest BCUT2D eigenvalue weighted by molar-refractivity contribution is -0.143. The SMILES string of the molecule is [CH2]CCC(=O)OCCCCCCCCCCCCCCCCCC. The summed E-state index contributed by atoms with van der Waals surface area (Å²) in [4.78, 5) is 11.1. The molecule has 0 saturated carbocycles. The normalized spacial score (nSPS) is 10.9. The Bertz CT molecular complexity index is 250. The predicted octanol–water partition coefficient (Wildman–Crippen LogP) is 7.41. The number of hydrogen-bond donors (Lipinski definition) is 0. The second-order valence-electron chi connectivity index (χ2n) is 7.13. The van der Waals surface area contributed by atoms with Crippen molar-refractivity contribution in [2.75, 3.05) is 6.61 Å². The van der Waals surface area contributed by atoms with E-state index >= 15 is 0 Å². The molecule has 0 aliphatic carbocycles. The first kappa shape index (κ1) is 23.5. The molecule has 0 atom stereocenters. The van der Waals surface area contributed by atoms with Gasteiger partial charge in [-0.25, -0.2) is 0 Å². The van der Waals surface area contributed by atoms with Crippen LogP contribution in [0.2, 0.25) is 0 Å². The van der Waals surface area contributed by atoms with Crippen molar-refractivity contribution >= 4 is 5.97 Å². The molecule has 0 spiro atoms. The van der Waals surface area contributed by atoms with E-state index in [-0.39, 0.29) is 5.97 Å². The van der Waals surface area contributed by atoms with Crippen LogP contribution in [0.3, 0.4) is 0 Å². The van der Waals surface area contributed by atoms with Gasteiger partial charge in [-0.2, -0.15) is 0 Å². The van der Waals surface area contributed by atoms with Crippen molar-refractivity contribution in [3.05, 3.63) is 6.92 Å². The van der Waals surface area contributed by atoms with E-state index < -0.39 is 0 Å². The maximum atomic E-state index is 11.1. The molecule has 0 fully saturated rings. The molecule has 24 heavy (non-hydrogen) atoms. The van der Waals surface area contributed by atoms with E-state index in [1.54, 1.807) is 0 Å². The molecule has 0 N–H and O–H groups in total. The summed E-state index contributed by atoms with van der Waals surface area (Å²) >= 11 is 0. The minimum Gasteiger partial charge on any atom is -0.466 e. The Morgan fingerprint density at radius 2 is 1.04 bits per heavy atom. The summed E-state index contributed by atoms with van der Waals surface area (Å²) in [6.07, 6.45) is 23.0. The van der Waals surface area contributed by atoms with Gasteiger partial charge in [0.1, 0.15) is 0 Å². The second kappa shape index (κ2) is 20.5. The third-order valence-corrected chi connectivity index (χ3v) is 4.64. The van der Waals surface area contributed by atoms with Crippen molar-refractivity contribution in [2.24, 2.45) is 0 Å². The highest BCUT2D eigenvalue weighted by Crippen LogP contribution is 2.13. The van der Waals surface area contributed by atoms with Crippen molar-refractivity contribution in [3.8, 4) is 0 Å². The zero-order valence-corrected chi connectivity index (χ0v) is 16.5. The fraction of sp³-hybridized carbons (Fsp3) is 0.909. The van der Waals surface area contributed by atoms with Crippen molar-refractivity contribution < 1.29 is 9.53 Å². The van der Waals surface area contributed by atoms with Crippen molar-refractivity contribution in [1.82, 2.24) is 0 Å². The summed E-state index contributed by atoms with van der Waals surface area (Å²) in [5.41, 5.74) is 0. The maximum absolute atomic E-state index is 11.1. The number of unbranched alkanes of at least 4 members (excludes halogenated alkanes) is 15. The van der Waals surface area contributed by atoms with Gasteiger partial charge < -0.3 is 4.74 Å². The first-order valence-electron chi connectivity index (χ1n) is 10.8. The molecule has 2 heteroatoms. The maximum Gasteiger partial charge on any atom is 0.305 e. The highest BCUT2D eigenvalue weighted by atomic mass is 16.5. The van der Waals surface area contributed by atoms with Crippen LogP contribution in [-0.2, 0) is 9.53 Å². The molecule has 0 rings (SSSR count). The fourth-order valence-corrected chi connectivity index (χ4v) is 3.05. The summed E-state index contributed by atoms with van der Waals surface area (Å²) in [7, 11) is 0. The predicted molar refractivity (Wildman–Crippen MR) is 105 cm³/mol. The third kappa shape index (κ3) is 19.5. The van der Waals surface area contributed by atoms with E-state index in [1.165, 1.54) is 96.3 Å². The van der Waals surface area contributed by atoms with Crippen LogP contribution in [0, 0.1) is 6.92 Å². The zero-order chi connectivity index (χ0) is 17.7. The molecule has 0 unspecified atom stereocenters. The lowest BCUT2D eigenvalue weighted by atomic mass is 10.0. The standard InChI is InChI=1S/C22H43O2/c1-3-5-6-7-8-9-10-11-12-13-14-15-16-17-18-19-21-24-22(23)20-4-2/h2-21H2,1H3. The minimum absolute atomic E-state index is 0.0917. The number of esters is 1. The van der Waals surface area contributed by atoms with Gasteiger partial charge >= 0.3 is 5.97 Å². The molecular weight excluding hydrogens is 296 g/mol. The van der Waals surface area contributed by atoms with Gasteiger partial charge in [0.05, 0.1) is 6.61 Å². The molecule has 0 aliphatic rings. The molecule has 143 valence electrons. The topological polar surface area (TPSA) is 26.3 Å². The van der Waals surface area contributed by atoms with Crippen LogP contribution >= 0.6 is 0 Å². The van der Waals surface area contributed by atoms with Crippen LogP contribution in [-0.4, -0.2) is 12.6 Å².